The lowest BCUT2D eigenvalue weighted by molar-refractivity contribution is -0.117. The van der Waals surface area contributed by atoms with E-state index in [0.29, 0.717) is 0 Å². The maximum absolute atomic E-state index is 11.6. The summed E-state index contributed by atoms with van der Waals surface area (Å²) in [6.45, 7) is -0.0786. The SMILES string of the molecule is NS(=O)(=O)C1CC(=O)N(c2ccc[nH]c2=O)C1. The van der Waals surface area contributed by atoms with Gasteiger partial charge in [0.25, 0.3) is 5.56 Å². The Hall–Kier alpha value is -1.67. The fraction of sp³-hybridized carbons (Fsp3) is 0.333. The molecular weight excluding hydrogens is 246 g/mol. The van der Waals surface area contributed by atoms with E-state index < -0.39 is 26.7 Å². The molecular formula is C9H11N3O4S. The topological polar surface area (TPSA) is 113 Å². The number of pyridine rings is 1. The highest BCUT2D eigenvalue weighted by atomic mass is 32.2. The third-order valence-corrected chi connectivity index (χ3v) is 3.89. The summed E-state index contributed by atoms with van der Waals surface area (Å²) in [4.78, 5) is 26.7. The molecule has 17 heavy (non-hydrogen) atoms. The zero-order valence-corrected chi connectivity index (χ0v) is 9.61. The Bertz CT molecular complexity index is 607. The van der Waals surface area contributed by atoms with Crippen LogP contribution in [-0.2, 0) is 14.8 Å². The number of H-pyrrole nitrogens is 1. The van der Waals surface area contributed by atoms with E-state index in [1.54, 1.807) is 6.07 Å². The Morgan fingerprint density at radius 3 is 2.65 bits per heavy atom. The average Bonchev–Trinajstić information content (AvgIpc) is 2.61. The molecule has 0 saturated carbocycles. The van der Waals surface area contributed by atoms with Gasteiger partial charge in [0, 0.05) is 19.2 Å². The molecule has 1 atom stereocenters. The van der Waals surface area contributed by atoms with Crippen LogP contribution in [0.5, 0.6) is 0 Å². The molecule has 0 aromatic carbocycles. The van der Waals surface area contributed by atoms with Gasteiger partial charge in [-0.3, -0.25) is 9.59 Å². The Labute approximate surface area is 97.3 Å². The molecule has 1 amide bonds. The zero-order chi connectivity index (χ0) is 12.6. The molecule has 1 aliphatic heterocycles. The van der Waals surface area contributed by atoms with Crippen molar-refractivity contribution in [3.05, 3.63) is 28.7 Å². The second-order valence-electron chi connectivity index (χ2n) is 3.80. The number of aromatic nitrogens is 1. The lowest BCUT2D eigenvalue weighted by Crippen LogP contribution is -2.34. The number of sulfonamides is 1. The molecule has 1 fully saturated rings. The van der Waals surface area contributed by atoms with Gasteiger partial charge in [-0.1, -0.05) is 0 Å². The van der Waals surface area contributed by atoms with Crippen molar-refractivity contribution in [1.29, 1.82) is 0 Å². The van der Waals surface area contributed by atoms with Crippen LogP contribution in [0.15, 0.2) is 23.1 Å². The second kappa shape index (κ2) is 3.97. The minimum Gasteiger partial charge on any atom is -0.327 e. The number of carbonyl (C=O) groups excluding carboxylic acids is 1. The molecule has 2 rings (SSSR count). The van der Waals surface area contributed by atoms with Gasteiger partial charge in [0.1, 0.15) is 10.9 Å². The molecule has 8 heteroatoms. The van der Waals surface area contributed by atoms with Crippen LogP contribution in [0.2, 0.25) is 0 Å². The number of nitrogens with zero attached hydrogens (tertiary/aromatic N) is 1. The van der Waals surface area contributed by atoms with Gasteiger partial charge in [-0.15, -0.1) is 0 Å². The van der Waals surface area contributed by atoms with Crippen LogP contribution < -0.4 is 15.6 Å². The number of rotatable bonds is 2. The van der Waals surface area contributed by atoms with Crippen molar-refractivity contribution in [2.24, 2.45) is 5.14 Å². The van der Waals surface area contributed by atoms with Crippen LogP contribution >= 0.6 is 0 Å². The van der Waals surface area contributed by atoms with Gasteiger partial charge < -0.3 is 9.88 Å². The van der Waals surface area contributed by atoms with Crippen LogP contribution in [0.4, 0.5) is 5.69 Å². The lowest BCUT2D eigenvalue weighted by Gasteiger charge is -2.14. The van der Waals surface area contributed by atoms with E-state index in [-0.39, 0.29) is 18.7 Å². The fourth-order valence-electron chi connectivity index (χ4n) is 1.75. The fourth-order valence-corrected chi connectivity index (χ4v) is 2.48. The molecule has 0 radical (unpaired) electrons. The predicted molar refractivity (Wildman–Crippen MR) is 60.9 cm³/mol. The van der Waals surface area contributed by atoms with Gasteiger partial charge in [0.05, 0.1) is 0 Å². The molecule has 2 heterocycles. The minimum atomic E-state index is -3.76. The van der Waals surface area contributed by atoms with Crippen molar-refractivity contribution < 1.29 is 13.2 Å². The van der Waals surface area contributed by atoms with E-state index in [4.69, 9.17) is 5.14 Å². The number of amides is 1. The van der Waals surface area contributed by atoms with Crippen molar-refractivity contribution in [3.8, 4) is 0 Å². The third kappa shape index (κ3) is 2.22. The van der Waals surface area contributed by atoms with Gasteiger partial charge in [0.2, 0.25) is 15.9 Å². The molecule has 0 bridgehead atoms. The summed E-state index contributed by atoms with van der Waals surface area (Å²) in [5.41, 5.74) is -0.292. The van der Waals surface area contributed by atoms with Crippen molar-refractivity contribution >= 4 is 21.6 Å². The Balaban J connectivity index is 2.35. The second-order valence-corrected chi connectivity index (χ2v) is 5.65. The maximum atomic E-state index is 11.6. The smallest absolute Gasteiger partial charge is 0.271 e. The third-order valence-electron chi connectivity index (χ3n) is 2.64. The highest BCUT2D eigenvalue weighted by Crippen LogP contribution is 2.20. The first-order valence-electron chi connectivity index (χ1n) is 4.89. The van der Waals surface area contributed by atoms with E-state index in [1.807, 2.05) is 0 Å². The summed E-state index contributed by atoms with van der Waals surface area (Å²) in [6, 6.07) is 3.02. The Morgan fingerprint density at radius 2 is 2.12 bits per heavy atom. The highest BCUT2D eigenvalue weighted by molar-refractivity contribution is 7.89. The molecule has 7 nitrogen and oxygen atoms in total. The Kier molecular flexibility index (Phi) is 2.76. The van der Waals surface area contributed by atoms with Gasteiger partial charge >= 0.3 is 0 Å². The van der Waals surface area contributed by atoms with Crippen molar-refractivity contribution in [1.82, 2.24) is 4.98 Å². The number of nitrogens with one attached hydrogen (secondary N) is 1. The summed E-state index contributed by atoms with van der Waals surface area (Å²) in [5.74, 6) is -0.416. The molecule has 0 aliphatic carbocycles. The maximum Gasteiger partial charge on any atom is 0.271 e. The largest absolute Gasteiger partial charge is 0.327 e. The summed E-state index contributed by atoms with van der Waals surface area (Å²) in [7, 11) is -3.76. The summed E-state index contributed by atoms with van der Waals surface area (Å²) < 4.78 is 22.3. The molecule has 92 valence electrons. The predicted octanol–water partition coefficient (Wildman–Crippen LogP) is -1.23. The van der Waals surface area contributed by atoms with E-state index in [1.165, 1.54) is 12.3 Å². The molecule has 0 spiro atoms. The van der Waals surface area contributed by atoms with Crippen molar-refractivity contribution in [2.45, 2.75) is 11.7 Å². The minimum absolute atomic E-state index is 0.0786. The summed E-state index contributed by atoms with van der Waals surface area (Å²) in [6.07, 6.45) is 1.25. The van der Waals surface area contributed by atoms with Crippen molar-refractivity contribution in [3.63, 3.8) is 0 Å². The molecule has 1 aliphatic rings. The van der Waals surface area contributed by atoms with Crippen LogP contribution in [0.3, 0.4) is 0 Å². The van der Waals surface area contributed by atoms with Crippen LogP contribution in [0.25, 0.3) is 0 Å². The number of carbonyl (C=O) groups is 1. The van der Waals surface area contributed by atoms with Crippen molar-refractivity contribution in [2.75, 3.05) is 11.4 Å². The molecule has 1 unspecified atom stereocenters. The van der Waals surface area contributed by atoms with Gasteiger partial charge in [-0.2, -0.15) is 0 Å². The number of nitrogens with two attached hydrogens (primary N) is 1. The quantitative estimate of drug-likeness (QED) is 0.690. The van der Waals surface area contributed by atoms with Crippen LogP contribution in [0.1, 0.15) is 6.42 Å². The molecule has 3 N–H and O–H groups in total. The standard InChI is InChI=1S/C9H11N3O4S/c10-17(15,16)6-4-8(13)12(5-6)7-2-1-3-11-9(7)14/h1-3,6H,4-5H2,(H,11,14)(H2,10,15,16). The van der Waals surface area contributed by atoms with E-state index in [2.05, 4.69) is 4.98 Å². The summed E-state index contributed by atoms with van der Waals surface area (Å²) >= 11 is 0. The van der Waals surface area contributed by atoms with E-state index >= 15 is 0 Å². The molecule has 1 aromatic heterocycles. The highest BCUT2D eigenvalue weighted by Gasteiger charge is 2.37. The number of primary sulfonamides is 1. The van der Waals surface area contributed by atoms with Gasteiger partial charge in [-0.05, 0) is 12.1 Å². The zero-order valence-electron chi connectivity index (χ0n) is 8.79. The number of aromatic amines is 1. The average molecular weight is 257 g/mol. The van der Waals surface area contributed by atoms with Crippen LogP contribution in [-0.4, -0.2) is 31.1 Å². The lowest BCUT2D eigenvalue weighted by atomic mass is 10.4. The number of hydrogen-bond acceptors (Lipinski definition) is 4. The number of anilines is 1. The van der Waals surface area contributed by atoms with E-state index in [0.717, 1.165) is 4.90 Å². The van der Waals surface area contributed by atoms with Gasteiger partial charge in [-0.25, -0.2) is 13.6 Å². The van der Waals surface area contributed by atoms with Crippen LogP contribution in [0, 0.1) is 0 Å². The first-order valence-corrected chi connectivity index (χ1v) is 6.50. The number of hydrogen-bond donors (Lipinski definition) is 2. The molecule has 1 aromatic rings. The summed E-state index contributed by atoms with van der Waals surface area (Å²) in [5, 5.41) is 4.04. The monoisotopic (exact) mass is 257 g/mol. The first kappa shape index (κ1) is 11.8. The van der Waals surface area contributed by atoms with Gasteiger partial charge in [0.15, 0.2) is 0 Å². The first-order chi connectivity index (χ1) is 7.89. The van der Waals surface area contributed by atoms with E-state index in [9.17, 15) is 18.0 Å². The normalized spacial score (nSPS) is 20.9. The Morgan fingerprint density at radius 1 is 1.41 bits per heavy atom. The molecule has 1 saturated heterocycles.